The second-order valence-corrected chi connectivity index (χ2v) is 5.30. The Kier molecular flexibility index (Phi) is 6.26. The van der Waals surface area contributed by atoms with E-state index in [4.69, 9.17) is 0 Å². The molecule has 0 radical (unpaired) electrons. The second kappa shape index (κ2) is 7.47. The third kappa shape index (κ3) is 6.75. The molecule has 0 amide bonds. The Morgan fingerprint density at radius 2 is 2.00 bits per heavy atom. The van der Waals surface area contributed by atoms with Crippen LogP contribution in [0.2, 0.25) is 0 Å². The Labute approximate surface area is 118 Å². The number of nitrogens with one attached hydrogen (secondary N) is 1. The minimum atomic E-state index is -4.13. The molecule has 0 spiro atoms. The molecule has 3 nitrogen and oxygen atoms in total. The van der Waals surface area contributed by atoms with Gasteiger partial charge in [-0.05, 0) is 24.6 Å². The van der Waals surface area contributed by atoms with Crippen LogP contribution in [0.15, 0.2) is 18.2 Å². The van der Waals surface area contributed by atoms with E-state index in [2.05, 4.69) is 24.1 Å². The lowest BCUT2D eigenvalue weighted by Crippen LogP contribution is -2.25. The number of aromatic nitrogens is 1. The Morgan fingerprint density at radius 3 is 2.60 bits per heavy atom. The molecule has 0 atom stereocenters. The highest BCUT2D eigenvalue weighted by Gasteiger charge is 2.27. The highest BCUT2D eigenvalue weighted by Crippen LogP contribution is 2.21. The van der Waals surface area contributed by atoms with E-state index in [0.29, 0.717) is 18.3 Å². The van der Waals surface area contributed by atoms with E-state index in [0.717, 1.165) is 12.2 Å². The summed E-state index contributed by atoms with van der Waals surface area (Å²) in [4.78, 5) is 5.89. The van der Waals surface area contributed by atoms with Crippen LogP contribution in [0.1, 0.15) is 26.0 Å². The topological polar surface area (TPSA) is 28.2 Å². The Balaban J connectivity index is 2.53. The van der Waals surface area contributed by atoms with E-state index < -0.39 is 12.6 Å². The van der Waals surface area contributed by atoms with E-state index in [-0.39, 0.29) is 6.54 Å². The second-order valence-electron chi connectivity index (χ2n) is 5.30. The third-order valence-corrected chi connectivity index (χ3v) is 2.77. The zero-order valence-corrected chi connectivity index (χ0v) is 12.2. The Hall–Kier alpha value is -1.30. The first-order valence-corrected chi connectivity index (χ1v) is 6.72. The van der Waals surface area contributed by atoms with Crippen LogP contribution < -0.4 is 10.2 Å². The fraction of sp³-hybridized carbons (Fsp3) is 0.643. The van der Waals surface area contributed by atoms with Gasteiger partial charge < -0.3 is 10.2 Å². The normalized spacial score (nSPS) is 11.9. The molecule has 1 aromatic rings. The predicted molar refractivity (Wildman–Crippen MR) is 74.7 cm³/mol. The van der Waals surface area contributed by atoms with E-state index in [1.54, 1.807) is 13.1 Å². The summed E-state index contributed by atoms with van der Waals surface area (Å²) in [5, 5.41) is 3.26. The van der Waals surface area contributed by atoms with Crippen LogP contribution in [-0.4, -0.2) is 31.3 Å². The number of alkyl halides is 3. The van der Waals surface area contributed by atoms with Crippen molar-refractivity contribution in [3.63, 3.8) is 0 Å². The minimum absolute atomic E-state index is 0.0840. The van der Waals surface area contributed by atoms with E-state index in [1.807, 2.05) is 12.1 Å². The van der Waals surface area contributed by atoms with Crippen LogP contribution in [0.5, 0.6) is 0 Å². The van der Waals surface area contributed by atoms with E-state index >= 15 is 0 Å². The first kappa shape index (κ1) is 16.8. The molecule has 0 aliphatic heterocycles. The molecular weight excluding hydrogens is 267 g/mol. The third-order valence-electron chi connectivity index (χ3n) is 2.77. The Morgan fingerprint density at radius 1 is 1.30 bits per heavy atom. The molecular formula is C14H22F3N3. The van der Waals surface area contributed by atoms with E-state index in [1.165, 1.54) is 4.90 Å². The number of hydrogen-bond acceptors (Lipinski definition) is 3. The first-order chi connectivity index (χ1) is 9.28. The number of pyridine rings is 1. The van der Waals surface area contributed by atoms with Crippen molar-refractivity contribution in [2.45, 2.75) is 33.0 Å². The molecule has 114 valence electrons. The van der Waals surface area contributed by atoms with Gasteiger partial charge in [0.15, 0.2) is 0 Å². The SMILES string of the molecule is CC(C)CNCc1cccc(N(C)CCC(F)(F)F)n1. The lowest BCUT2D eigenvalue weighted by molar-refractivity contribution is -0.132. The van der Waals surface area contributed by atoms with Crippen LogP contribution >= 0.6 is 0 Å². The molecule has 1 N–H and O–H groups in total. The summed E-state index contributed by atoms with van der Waals surface area (Å²) in [6.45, 7) is 5.65. The van der Waals surface area contributed by atoms with Gasteiger partial charge in [-0.25, -0.2) is 4.98 Å². The van der Waals surface area contributed by atoms with Crippen molar-refractivity contribution in [1.29, 1.82) is 0 Å². The van der Waals surface area contributed by atoms with Crippen molar-refractivity contribution in [2.75, 3.05) is 25.0 Å². The first-order valence-electron chi connectivity index (χ1n) is 6.72. The highest BCUT2D eigenvalue weighted by molar-refractivity contribution is 5.38. The zero-order valence-electron chi connectivity index (χ0n) is 12.2. The van der Waals surface area contributed by atoms with Crippen molar-refractivity contribution in [1.82, 2.24) is 10.3 Å². The molecule has 1 heterocycles. The molecule has 0 aliphatic rings. The highest BCUT2D eigenvalue weighted by atomic mass is 19.4. The van der Waals surface area contributed by atoms with Crippen LogP contribution in [-0.2, 0) is 6.54 Å². The van der Waals surface area contributed by atoms with Crippen LogP contribution in [0.4, 0.5) is 19.0 Å². The molecule has 0 saturated carbocycles. The Bertz CT molecular complexity index is 405. The van der Waals surface area contributed by atoms with Crippen molar-refractivity contribution in [3.8, 4) is 0 Å². The van der Waals surface area contributed by atoms with Crippen molar-refractivity contribution in [3.05, 3.63) is 23.9 Å². The van der Waals surface area contributed by atoms with Crippen molar-refractivity contribution in [2.24, 2.45) is 5.92 Å². The van der Waals surface area contributed by atoms with Gasteiger partial charge in [-0.1, -0.05) is 19.9 Å². The number of nitrogens with zero attached hydrogens (tertiary/aromatic N) is 2. The molecule has 0 saturated heterocycles. The lowest BCUT2D eigenvalue weighted by atomic mass is 10.2. The molecule has 0 unspecified atom stereocenters. The summed E-state index contributed by atoms with van der Waals surface area (Å²) in [5.74, 6) is 1.12. The predicted octanol–water partition coefficient (Wildman–Crippen LogP) is 3.22. The van der Waals surface area contributed by atoms with Crippen LogP contribution in [0.3, 0.4) is 0 Å². The monoisotopic (exact) mass is 289 g/mol. The molecule has 0 bridgehead atoms. The fourth-order valence-corrected chi connectivity index (χ4v) is 1.68. The van der Waals surface area contributed by atoms with Crippen LogP contribution in [0, 0.1) is 5.92 Å². The van der Waals surface area contributed by atoms with Crippen molar-refractivity contribution >= 4 is 5.82 Å². The van der Waals surface area contributed by atoms with Gasteiger partial charge in [0.05, 0.1) is 12.1 Å². The average Bonchev–Trinajstić information content (AvgIpc) is 2.35. The van der Waals surface area contributed by atoms with Gasteiger partial charge in [0, 0.05) is 20.1 Å². The average molecular weight is 289 g/mol. The van der Waals surface area contributed by atoms with E-state index in [9.17, 15) is 13.2 Å². The maximum absolute atomic E-state index is 12.2. The van der Waals surface area contributed by atoms with Crippen LogP contribution in [0.25, 0.3) is 0 Å². The number of halogens is 3. The summed E-state index contributed by atoms with van der Waals surface area (Å²) in [7, 11) is 1.62. The number of rotatable bonds is 7. The van der Waals surface area contributed by atoms with Gasteiger partial charge in [0.25, 0.3) is 0 Å². The maximum atomic E-state index is 12.2. The quantitative estimate of drug-likeness (QED) is 0.835. The summed E-state index contributed by atoms with van der Waals surface area (Å²) in [5.41, 5.74) is 0.835. The molecule has 1 rings (SSSR count). The van der Waals surface area contributed by atoms with Gasteiger partial charge in [0.1, 0.15) is 5.82 Å². The smallest absolute Gasteiger partial charge is 0.359 e. The summed E-state index contributed by atoms with van der Waals surface area (Å²) >= 11 is 0. The largest absolute Gasteiger partial charge is 0.390 e. The van der Waals surface area contributed by atoms with Gasteiger partial charge in [-0.15, -0.1) is 0 Å². The standard InChI is InChI=1S/C14H22F3N3/c1-11(2)9-18-10-12-5-4-6-13(19-12)20(3)8-7-14(15,16)17/h4-6,11,18H,7-10H2,1-3H3. The van der Waals surface area contributed by atoms with Gasteiger partial charge in [-0.2, -0.15) is 13.2 Å². The number of hydrogen-bond donors (Lipinski definition) is 1. The van der Waals surface area contributed by atoms with Gasteiger partial charge >= 0.3 is 6.18 Å². The maximum Gasteiger partial charge on any atom is 0.390 e. The van der Waals surface area contributed by atoms with Gasteiger partial charge in [-0.3, -0.25) is 0 Å². The molecule has 0 aromatic carbocycles. The summed E-state index contributed by atoms with van der Waals surface area (Å²) in [6.07, 6.45) is -4.97. The summed E-state index contributed by atoms with van der Waals surface area (Å²) in [6, 6.07) is 5.41. The minimum Gasteiger partial charge on any atom is -0.359 e. The molecule has 6 heteroatoms. The lowest BCUT2D eigenvalue weighted by Gasteiger charge is -2.19. The summed E-state index contributed by atoms with van der Waals surface area (Å²) < 4.78 is 36.6. The zero-order chi connectivity index (χ0) is 15.2. The molecule has 20 heavy (non-hydrogen) atoms. The van der Waals surface area contributed by atoms with Gasteiger partial charge in [0.2, 0.25) is 0 Å². The molecule has 1 aromatic heterocycles. The van der Waals surface area contributed by atoms with Crippen molar-refractivity contribution < 1.29 is 13.2 Å². The number of anilines is 1. The molecule has 0 fully saturated rings. The molecule has 0 aliphatic carbocycles. The fourth-order valence-electron chi connectivity index (χ4n) is 1.68.